The second kappa shape index (κ2) is 10.6. The fourth-order valence-corrected chi connectivity index (χ4v) is 2.74. The number of carbonyl (C=O) groups excluding carboxylic acids is 2. The van der Waals surface area contributed by atoms with Crippen molar-refractivity contribution in [2.75, 3.05) is 0 Å². The van der Waals surface area contributed by atoms with Gasteiger partial charge in [-0.3, -0.25) is 0 Å². The molecule has 0 fully saturated rings. The number of alkyl carbamates (subject to hydrolysis) is 1. The lowest BCUT2D eigenvalue weighted by molar-refractivity contribution is -0.139. The number of carboxylic acid groups (broad SMARTS) is 1. The maximum Gasteiger partial charge on any atom is 0.419 e. The first-order valence-electron chi connectivity index (χ1n) is 9.45. The zero-order chi connectivity index (χ0) is 22.1. The molecule has 0 saturated carbocycles. The van der Waals surface area contributed by atoms with E-state index < -0.39 is 24.2 Å². The van der Waals surface area contributed by atoms with Crippen molar-refractivity contribution in [2.45, 2.75) is 25.7 Å². The summed E-state index contributed by atoms with van der Waals surface area (Å²) in [5.41, 5.74) is 1.85. The molecule has 0 bridgehead atoms. The third kappa shape index (κ3) is 6.43. The molecule has 0 aliphatic rings. The lowest BCUT2D eigenvalue weighted by atomic mass is 10.1. The highest BCUT2D eigenvalue weighted by Crippen LogP contribution is 2.08. The van der Waals surface area contributed by atoms with Gasteiger partial charge in [0.15, 0.2) is 0 Å². The third-order valence-corrected chi connectivity index (χ3v) is 4.33. The highest BCUT2D eigenvalue weighted by Gasteiger charge is 2.24. The molecule has 31 heavy (non-hydrogen) atoms. The molecule has 1 heterocycles. The Morgan fingerprint density at radius 3 is 2.10 bits per heavy atom. The molecule has 3 aromatic rings. The molecule has 9 nitrogen and oxygen atoms in total. The lowest BCUT2D eigenvalue weighted by Crippen LogP contribution is -2.43. The van der Waals surface area contributed by atoms with Crippen LogP contribution in [0.15, 0.2) is 73.2 Å². The number of carbonyl (C=O) groups is 3. The Hall–Kier alpha value is -4.14. The lowest BCUT2D eigenvalue weighted by Gasteiger charge is -2.15. The van der Waals surface area contributed by atoms with Crippen molar-refractivity contribution < 1.29 is 29.0 Å². The van der Waals surface area contributed by atoms with Crippen molar-refractivity contribution in [1.82, 2.24) is 14.9 Å². The van der Waals surface area contributed by atoms with Crippen LogP contribution in [0.4, 0.5) is 9.59 Å². The minimum absolute atomic E-state index is 0.00273. The summed E-state index contributed by atoms with van der Waals surface area (Å²) in [6.45, 7) is 0.0620. The zero-order valence-electron chi connectivity index (χ0n) is 16.5. The number of rotatable bonds is 8. The molecule has 1 unspecified atom stereocenters. The van der Waals surface area contributed by atoms with Gasteiger partial charge in [0.2, 0.25) is 0 Å². The van der Waals surface area contributed by atoms with Crippen LogP contribution in [0.5, 0.6) is 0 Å². The first-order chi connectivity index (χ1) is 15.0. The van der Waals surface area contributed by atoms with E-state index in [4.69, 9.17) is 9.47 Å². The number of benzene rings is 2. The van der Waals surface area contributed by atoms with Crippen LogP contribution in [-0.4, -0.2) is 38.9 Å². The highest BCUT2D eigenvalue weighted by molar-refractivity contribution is 5.80. The van der Waals surface area contributed by atoms with E-state index in [1.54, 1.807) is 24.3 Å². The molecule has 1 amide bonds. The van der Waals surface area contributed by atoms with Crippen LogP contribution in [0.2, 0.25) is 0 Å². The van der Waals surface area contributed by atoms with Crippen molar-refractivity contribution in [3.63, 3.8) is 0 Å². The summed E-state index contributed by atoms with van der Waals surface area (Å²) < 4.78 is 11.4. The van der Waals surface area contributed by atoms with Crippen molar-refractivity contribution in [2.24, 2.45) is 0 Å². The van der Waals surface area contributed by atoms with Crippen LogP contribution in [0.3, 0.4) is 0 Å². The molecule has 2 N–H and O–H groups in total. The number of aliphatic carboxylic acids is 1. The Morgan fingerprint density at radius 1 is 0.935 bits per heavy atom. The van der Waals surface area contributed by atoms with Gasteiger partial charge in [-0.05, 0) is 11.1 Å². The Labute approximate surface area is 178 Å². The van der Waals surface area contributed by atoms with Crippen LogP contribution >= 0.6 is 0 Å². The second-order valence-corrected chi connectivity index (χ2v) is 6.60. The van der Waals surface area contributed by atoms with E-state index in [-0.39, 0.29) is 25.3 Å². The van der Waals surface area contributed by atoms with Crippen molar-refractivity contribution >= 4 is 18.2 Å². The van der Waals surface area contributed by atoms with Gasteiger partial charge in [0, 0.05) is 12.6 Å². The standard InChI is InChI=1S/C22H21N3O6/c26-20(27)19(24-21(28)30-13-16-7-3-1-4-8-16)11-18-12-23-15-25(18)22(29)31-14-17-9-5-2-6-10-17/h1-10,12,15,19H,11,13-14H2,(H,24,28)(H,26,27). The number of aromatic nitrogens is 2. The molecule has 0 spiro atoms. The molecular formula is C22H21N3O6. The summed E-state index contributed by atoms with van der Waals surface area (Å²) in [5.74, 6) is -1.28. The molecule has 0 radical (unpaired) electrons. The molecular weight excluding hydrogens is 402 g/mol. The monoisotopic (exact) mass is 423 g/mol. The fourth-order valence-electron chi connectivity index (χ4n) is 2.74. The number of nitrogens with zero attached hydrogens (tertiary/aromatic N) is 2. The van der Waals surface area contributed by atoms with Crippen LogP contribution in [0.25, 0.3) is 0 Å². The summed E-state index contributed by atoms with van der Waals surface area (Å²) in [4.78, 5) is 39.9. The summed E-state index contributed by atoms with van der Waals surface area (Å²) in [7, 11) is 0. The summed E-state index contributed by atoms with van der Waals surface area (Å²) >= 11 is 0. The molecule has 160 valence electrons. The number of nitrogens with one attached hydrogen (secondary N) is 1. The number of hydrogen-bond acceptors (Lipinski definition) is 6. The largest absolute Gasteiger partial charge is 0.480 e. The number of hydrogen-bond donors (Lipinski definition) is 2. The van der Waals surface area contributed by atoms with Crippen LogP contribution in [0, 0.1) is 0 Å². The Kier molecular flexibility index (Phi) is 7.36. The molecule has 0 aliphatic carbocycles. The van der Waals surface area contributed by atoms with Gasteiger partial charge in [-0.25, -0.2) is 23.9 Å². The van der Waals surface area contributed by atoms with E-state index in [1.165, 1.54) is 12.5 Å². The first kappa shape index (κ1) is 21.6. The third-order valence-electron chi connectivity index (χ3n) is 4.33. The van der Waals surface area contributed by atoms with Crippen molar-refractivity contribution in [3.8, 4) is 0 Å². The summed E-state index contributed by atoms with van der Waals surface area (Å²) in [5, 5.41) is 11.8. The zero-order valence-corrected chi connectivity index (χ0v) is 16.5. The van der Waals surface area contributed by atoms with Gasteiger partial charge in [-0.15, -0.1) is 0 Å². The van der Waals surface area contributed by atoms with Crippen molar-refractivity contribution in [1.29, 1.82) is 0 Å². The predicted octanol–water partition coefficient (Wildman–Crippen LogP) is 2.99. The number of carboxylic acids is 1. The fraction of sp³-hybridized carbons (Fsp3) is 0.182. The smallest absolute Gasteiger partial charge is 0.419 e. The topological polar surface area (TPSA) is 120 Å². The Morgan fingerprint density at radius 2 is 1.52 bits per heavy atom. The average Bonchev–Trinajstić information content (AvgIpc) is 3.25. The van der Waals surface area contributed by atoms with Gasteiger partial charge < -0.3 is 19.9 Å². The second-order valence-electron chi connectivity index (χ2n) is 6.60. The number of imidazole rings is 1. The van der Waals surface area contributed by atoms with E-state index in [0.717, 1.165) is 15.7 Å². The quantitative estimate of drug-likeness (QED) is 0.571. The first-order valence-corrected chi connectivity index (χ1v) is 9.45. The van der Waals surface area contributed by atoms with E-state index in [0.29, 0.717) is 0 Å². The molecule has 0 aliphatic heterocycles. The minimum Gasteiger partial charge on any atom is -0.480 e. The molecule has 2 aromatic carbocycles. The van der Waals surface area contributed by atoms with E-state index in [2.05, 4.69) is 10.3 Å². The van der Waals surface area contributed by atoms with Gasteiger partial charge in [0.05, 0.1) is 5.69 Å². The van der Waals surface area contributed by atoms with E-state index in [9.17, 15) is 19.5 Å². The van der Waals surface area contributed by atoms with Gasteiger partial charge in [-0.1, -0.05) is 60.7 Å². The molecule has 1 atom stereocenters. The Balaban J connectivity index is 1.57. The van der Waals surface area contributed by atoms with Gasteiger partial charge in [0.25, 0.3) is 0 Å². The maximum atomic E-state index is 12.4. The minimum atomic E-state index is -1.32. The van der Waals surface area contributed by atoms with Gasteiger partial charge in [-0.2, -0.15) is 0 Å². The SMILES string of the molecule is O=C(NC(Cc1cncn1C(=O)OCc1ccccc1)C(=O)O)OCc1ccccc1. The van der Waals surface area contributed by atoms with Crippen LogP contribution < -0.4 is 5.32 Å². The van der Waals surface area contributed by atoms with E-state index in [1.807, 2.05) is 36.4 Å². The normalized spacial score (nSPS) is 11.4. The van der Waals surface area contributed by atoms with Crippen LogP contribution in [-0.2, 0) is 33.9 Å². The van der Waals surface area contributed by atoms with Crippen molar-refractivity contribution in [3.05, 3.63) is 90.0 Å². The number of ether oxygens (including phenoxy) is 2. The predicted molar refractivity (Wildman–Crippen MR) is 109 cm³/mol. The van der Waals surface area contributed by atoms with Gasteiger partial charge >= 0.3 is 18.2 Å². The maximum absolute atomic E-state index is 12.4. The van der Waals surface area contributed by atoms with Crippen LogP contribution in [0.1, 0.15) is 16.8 Å². The highest BCUT2D eigenvalue weighted by atomic mass is 16.6. The van der Waals surface area contributed by atoms with E-state index >= 15 is 0 Å². The number of amides is 1. The molecule has 3 rings (SSSR count). The molecule has 0 saturated heterocycles. The molecule has 9 heteroatoms. The summed E-state index contributed by atoms with van der Waals surface area (Å²) in [6, 6.07) is 16.8. The Bertz CT molecular complexity index is 1020. The van der Waals surface area contributed by atoms with Gasteiger partial charge in [0.1, 0.15) is 25.6 Å². The average molecular weight is 423 g/mol. The summed E-state index contributed by atoms with van der Waals surface area (Å²) in [6.07, 6.45) is 0.809. The molecule has 1 aromatic heterocycles.